The predicted molar refractivity (Wildman–Crippen MR) is 132 cm³/mol. The van der Waals surface area contributed by atoms with Gasteiger partial charge < -0.3 is 14.8 Å². The van der Waals surface area contributed by atoms with E-state index in [0.717, 1.165) is 24.3 Å². The number of anilines is 3. The molecule has 2 aliphatic heterocycles. The van der Waals surface area contributed by atoms with Gasteiger partial charge in [-0.15, -0.1) is 0 Å². The molecule has 1 N–H and O–H groups in total. The normalized spacial score (nSPS) is 17.1. The van der Waals surface area contributed by atoms with Gasteiger partial charge in [0.05, 0.1) is 11.4 Å². The summed E-state index contributed by atoms with van der Waals surface area (Å²) in [5.41, 5.74) is 4.24. The molecule has 2 aliphatic rings. The first-order valence-electron chi connectivity index (χ1n) is 11.6. The number of nitrogens with one attached hydrogen (secondary N) is 1. The quantitative estimate of drug-likeness (QED) is 0.606. The van der Waals surface area contributed by atoms with E-state index in [-0.39, 0.29) is 16.9 Å². The molecule has 0 bridgehead atoms. The van der Waals surface area contributed by atoms with Crippen molar-refractivity contribution < 1.29 is 13.2 Å². The number of benzene rings is 2. The summed E-state index contributed by atoms with van der Waals surface area (Å²) in [4.78, 5) is 19.6. The molecule has 3 aromatic rings. The molecule has 34 heavy (non-hydrogen) atoms. The monoisotopic (exact) mass is 479 g/mol. The molecule has 0 unspecified atom stereocenters. The number of carbonyl (C=O) groups is 1. The molecule has 0 spiro atoms. The summed E-state index contributed by atoms with van der Waals surface area (Å²) < 4.78 is 29.0. The summed E-state index contributed by atoms with van der Waals surface area (Å²) in [6.45, 7) is 3.25. The first-order valence-corrected chi connectivity index (χ1v) is 13.0. The van der Waals surface area contributed by atoms with E-state index in [1.165, 1.54) is 21.8 Å². The molecular weight excluding hydrogens is 450 g/mol. The number of piperidine rings is 1. The summed E-state index contributed by atoms with van der Waals surface area (Å²) in [5, 5.41) is 3.18. The molecule has 8 nitrogen and oxygen atoms in total. The number of hydrogen-bond acceptors (Lipinski definition) is 5. The van der Waals surface area contributed by atoms with Crippen LogP contribution in [0.15, 0.2) is 59.8 Å². The Morgan fingerprint density at radius 2 is 1.68 bits per heavy atom. The molecular formula is C25H29N5O3S. The van der Waals surface area contributed by atoms with Gasteiger partial charge in [0.15, 0.2) is 5.03 Å². The number of imidazole rings is 1. The summed E-state index contributed by atoms with van der Waals surface area (Å²) in [6, 6.07) is 16.2. The Labute approximate surface area is 200 Å². The van der Waals surface area contributed by atoms with Crippen LogP contribution in [0.1, 0.15) is 24.2 Å². The highest BCUT2D eigenvalue weighted by molar-refractivity contribution is 7.89. The maximum Gasteiger partial charge on any atom is 0.262 e. The SMILES string of the molecule is Cc1nc(S(=O)(=O)N2CCC(C(=O)Nc3ccccc3N3CCc4ccccc43)CC2)cn1C. The van der Waals surface area contributed by atoms with Crippen LogP contribution in [0.5, 0.6) is 0 Å². The van der Waals surface area contributed by atoms with Crippen molar-refractivity contribution in [2.45, 2.75) is 31.2 Å². The van der Waals surface area contributed by atoms with Crippen LogP contribution in [-0.4, -0.2) is 47.8 Å². The van der Waals surface area contributed by atoms with Crippen molar-refractivity contribution in [2.24, 2.45) is 13.0 Å². The van der Waals surface area contributed by atoms with Crippen molar-refractivity contribution in [1.82, 2.24) is 13.9 Å². The van der Waals surface area contributed by atoms with Gasteiger partial charge in [-0.1, -0.05) is 30.3 Å². The molecule has 1 amide bonds. The van der Waals surface area contributed by atoms with Gasteiger partial charge >= 0.3 is 0 Å². The van der Waals surface area contributed by atoms with Crippen molar-refractivity contribution in [3.63, 3.8) is 0 Å². The number of aryl methyl sites for hydroxylation is 2. The second-order valence-electron chi connectivity index (χ2n) is 8.95. The van der Waals surface area contributed by atoms with Gasteiger partial charge in [0, 0.05) is 44.5 Å². The Hall–Kier alpha value is -3.17. The van der Waals surface area contributed by atoms with E-state index in [9.17, 15) is 13.2 Å². The zero-order valence-corrected chi connectivity index (χ0v) is 20.3. The van der Waals surface area contributed by atoms with E-state index in [1.54, 1.807) is 18.5 Å². The lowest BCUT2D eigenvalue weighted by Crippen LogP contribution is -2.41. The van der Waals surface area contributed by atoms with Gasteiger partial charge in [0.1, 0.15) is 5.82 Å². The first-order chi connectivity index (χ1) is 16.3. The number of rotatable bonds is 5. The summed E-state index contributed by atoms with van der Waals surface area (Å²) in [5.74, 6) is 0.341. The molecule has 1 aromatic heterocycles. The van der Waals surface area contributed by atoms with Crippen LogP contribution in [0.3, 0.4) is 0 Å². The second-order valence-corrected chi connectivity index (χ2v) is 10.8. The lowest BCUT2D eigenvalue weighted by Gasteiger charge is -2.30. The predicted octanol–water partition coefficient (Wildman–Crippen LogP) is 3.46. The van der Waals surface area contributed by atoms with E-state index in [1.807, 2.05) is 30.3 Å². The van der Waals surface area contributed by atoms with E-state index < -0.39 is 10.0 Å². The van der Waals surface area contributed by atoms with Gasteiger partial charge in [-0.05, 0) is 49.9 Å². The molecule has 0 saturated carbocycles. The lowest BCUT2D eigenvalue weighted by atomic mass is 9.97. The number of nitrogens with zero attached hydrogens (tertiary/aromatic N) is 4. The molecule has 3 heterocycles. The van der Waals surface area contributed by atoms with Crippen LogP contribution in [0.2, 0.25) is 0 Å². The molecule has 5 rings (SSSR count). The number of aromatic nitrogens is 2. The maximum absolute atomic E-state index is 13.1. The van der Waals surface area contributed by atoms with Crippen LogP contribution in [0.25, 0.3) is 0 Å². The third-order valence-corrected chi connectivity index (χ3v) is 8.63. The lowest BCUT2D eigenvalue weighted by molar-refractivity contribution is -0.120. The Morgan fingerprint density at radius 3 is 2.38 bits per heavy atom. The highest BCUT2D eigenvalue weighted by Gasteiger charge is 2.34. The summed E-state index contributed by atoms with van der Waals surface area (Å²) in [6.07, 6.45) is 3.47. The fourth-order valence-electron chi connectivity index (χ4n) is 4.78. The number of carbonyl (C=O) groups excluding carboxylic acids is 1. The molecule has 0 atom stereocenters. The minimum Gasteiger partial charge on any atom is -0.339 e. The standard InChI is InChI=1S/C25H29N5O3S/c1-18-26-24(17-28(18)2)34(32,33)29-14-11-20(12-15-29)25(31)27-21-8-4-6-10-23(21)30-16-13-19-7-3-5-9-22(19)30/h3-10,17,20H,11-16H2,1-2H3,(H,27,31). The molecule has 178 valence electrons. The zero-order valence-electron chi connectivity index (χ0n) is 19.4. The smallest absolute Gasteiger partial charge is 0.262 e. The largest absolute Gasteiger partial charge is 0.339 e. The zero-order chi connectivity index (χ0) is 23.9. The van der Waals surface area contributed by atoms with Crippen molar-refractivity contribution in [3.05, 3.63) is 66.1 Å². The van der Waals surface area contributed by atoms with Crippen molar-refractivity contribution in [1.29, 1.82) is 0 Å². The Balaban J connectivity index is 1.26. The molecule has 0 radical (unpaired) electrons. The van der Waals surface area contributed by atoms with Crippen molar-refractivity contribution >= 4 is 33.0 Å². The highest BCUT2D eigenvalue weighted by atomic mass is 32.2. The van der Waals surface area contributed by atoms with E-state index in [4.69, 9.17) is 0 Å². The number of amides is 1. The number of fused-ring (bicyclic) bond motifs is 1. The van der Waals surface area contributed by atoms with Crippen LogP contribution < -0.4 is 10.2 Å². The fraction of sp³-hybridized carbons (Fsp3) is 0.360. The van der Waals surface area contributed by atoms with Crippen molar-refractivity contribution in [2.75, 3.05) is 29.9 Å². The van der Waals surface area contributed by atoms with Crippen LogP contribution in [-0.2, 0) is 28.3 Å². The highest BCUT2D eigenvalue weighted by Crippen LogP contribution is 2.38. The molecule has 9 heteroatoms. The minimum atomic E-state index is -3.65. The van der Waals surface area contributed by atoms with Gasteiger partial charge in [-0.2, -0.15) is 4.31 Å². The average molecular weight is 480 g/mol. The average Bonchev–Trinajstić information content (AvgIpc) is 3.43. The third kappa shape index (κ3) is 4.10. The van der Waals surface area contributed by atoms with Gasteiger partial charge in [0.25, 0.3) is 10.0 Å². The molecule has 2 aromatic carbocycles. The summed E-state index contributed by atoms with van der Waals surface area (Å²) >= 11 is 0. The number of hydrogen-bond donors (Lipinski definition) is 1. The fourth-order valence-corrected chi connectivity index (χ4v) is 6.27. The maximum atomic E-state index is 13.1. The van der Waals surface area contributed by atoms with Crippen LogP contribution >= 0.6 is 0 Å². The molecule has 0 aliphatic carbocycles. The van der Waals surface area contributed by atoms with Crippen molar-refractivity contribution in [3.8, 4) is 0 Å². The van der Waals surface area contributed by atoms with Gasteiger partial charge in [-0.3, -0.25) is 4.79 Å². The van der Waals surface area contributed by atoms with Gasteiger partial charge in [0.2, 0.25) is 5.91 Å². The van der Waals surface area contributed by atoms with E-state index in [0.29, 0.717) is 31.8 Å². The molecule has 1 saturated heterocycles. The minimum absolute atomic E-state index is 0.0642. The van der Waals surface area contributed by atoms with Crippen LogP contribution in [0, 0.1) is 12.8 Å². The van der Waals surface area contributed by atoms with Gasteiger partial charge in [-0.25, -0.2) is 13.4 Å². The number of para-hydroxylation sites is 3. The number of sulfonamides is 1. The summed E-state index contributed by atoms with van der Waals surface area (Å²) in [7, 11) is -1.88. The Morgan fingerprint density at radius 1 is 1.00 bits per heavy atom. The third-order valence-electron chi connectivity index (χ3n) is 6.86. The van der Waals surface area contributed by atoms with E-state index in [2.05, 4.69) is 33.4 Å². The topological polar surface area (TPSA) is 87.5 Å². The Bertz CT molecular complexity index is 1310. The Kier molecular flexibility index (Phi) is 5.91. The molecule has 1 fully saturated rings. The second kappa shape index (κ2) is 8.88. The first kappa shape index (κ1) is 22.6. The van der Waals surface area contributed by atoms with Crippen LogP contribution in [0.4, 0.5) is 17.1 Å². The van der Waals surface area contributed by atoms with E-state index >= 15 is 0 Å².